The zero-order valence-electron chi connectivity index (χ0n) is 10.6. The van der Waals surface area contributed by atoms with Crippen molar-refractivity contribution in [3.8, 4) is 0 Å². The van der Waals surface area contributed by atoms with Gasteiger partial charge in [0.05, 0.1) is 11.3 Å². The number of hydrogen-bond donors (Lipinski definition) is 1. The van der Waals surface area contributed by atoms with Gasteiger partial charge in [-0.25, -0.2) is 4.90 Å². The van der Waals surface area contributed by atoms with Gasteiger partial charge in [0.25, 0.3) is 17.4 Å². The SMILES string of the molecule is O=C1c2c(c3ccccc3[nH]c2=O)C(=O)N1c1ccsc1. The van der Waals surface area contributed by atoms with Crippen LogP contribution in [0.4, 0.5) is 5.69 Å². The smallest absolute Gasteiger partial charge is 0.271 e. The van der Waals surface area contributed by atoms with Crippen LogP contribution in [0.5, 0.6) is 0 Å². The van der Waals surface area contributed by atoms with Crippen LogP contribution in [0, 0.1) is 0 Å². The molecule has 0 spiro atoms. The summed E-state index contributed by atoms with van der Waals surface area (Å²) in [4.78, 5) is 40.9. The summed E-state index contributed by atoms with van der Waals surface area (Å²) in [6.45, 7) is 0. The lowest BCUT2D eigenvalue weighted by atomic mass is 10.1. The molecule has 1 N–H and O–H groups in total. The van der Waals surface area contributed by atoms with E-state index in [0.29, 0.717) is 16.6 Å². The number of nitrogens with zero attached hydrogens (tertiary/aromatic N) is 1. The molecule has 1 aliphatic heterocycles. The molecule has 6 heteroatoms. The minimum Gasteiger partial charge on any atom is -0.321 e. The fourth-order valence-electron chi connectivity index (χ4n) is 2.60. The molecule has 1 aliphatic rings. The molecule has 3 aromatic rings. The highest BCUT2D eigenvalue weighted by Gasteiger charge is 2.40. The van der Waals surface area contributed by atoms with Gasteiger partial charge < -0.3 is 4.98 Å². The number of nitrogens with one attached hydrogen (secondary N) is 1. The molecule has 0 unspecified atom stereocenters. The van der Waals surface area contributed by atoms with E-state index in [1.54, 1.807) is 41.1 Å². The first-order chi connectivity index (χ1) is 10.2. The van der Waals surface area contributed by atoms with Gasteiger partial charge in [0.2, 0.25) is 0 Å². The van der Waals surface area contributed by atoms with Crippen molar-refractivity contribution in [2.45, 2.75) is 0 Å². The predicted molar refractivity (Wildman–Crippen MR) is 80.0 cm³/mol. The summed E-state index contributed by atoms with van der Waals surface area (Å²) < 4.78 is 0. The van der Waals surface area contributed by atoms with Crippen molar-refractivity contribution in [1.29, 1.82) is 0 Å². The number of para-hydroxylation sites is 1. The number of imide groups is 1. The molecule has 4 rings (SSSR count). The normalized spacial score (nSPS) is 14.0. The second kappa shape index (κ2) is 4.13. The highest BCUT2D eigenvalue weighted by Crippen LogP contribution is 2.31. The lowest BCUT2D eigenvalue weighted by molar-refractivity contribution is 0.0926. The first-order valence-corrected chi connectivity index (χ1v) is 7.19. The van der Waals surface area contributed by atoms with Gasteiger partial charge in [0, 0.05) is 16.3 Å². The van der Waals surface area contributed by atoms with Crippen molar-refractivity contribution in [2.75, 3.05) is 4.90 Å². The van der Waals surface area contributed by atoms with E-state index in [1.807, 2.05) is 0 Å². The predicted octanol–water partition coefficient (Wildman–Crippen LogP) is 2.39. The summed E-state index contributed by atoms with van der Waals surface area (Å²) in [5.74, 6) is -1.02. The van der Waals surface area contributed by atoms with Crippen LogP contribution in [0.3, 0.4) is 0 Å². The molecule has 1 aromatic carbocycles. The number of anilines is 1. The maximum atomic E-state index is 12.6. The van der Waals surface area contributed by atoms with E-state index in [2.05, 4.69) is 4.98 Å². The molecule has 21 heavy (non-hydrogen) atoms. The van der Waals surface area contributed by atoms with Crippen molar-refractivity contribution in [3.05, 3.63) is 62.6 Å². The summed E-state index contributed by atoms with van der Waals surface area (Å²) in [6, 6.07) is 8.66. The Labute approximate surface area is 122 Å². The molecule has 5 nitrogen and oxygen atoms in total. The number of benzene rings is 1. The lowest BCUT2D eigenvalue weighted by Gasteiger charge is -2.10. The quantitative estimate of drug-likeness (QED) is 0.701. The van der Waals surface area contributed by atoms with Crippen molar-refractivity contribution >= 4 is 39.7 Å². The molecule has 0 saturated carbocycles. The van der Waals surface area contributed by atoms with Gasteiger partial charge in [-0.15, -0.1) is 0 Å². The van der Waals surface area contributed by atoms with Crippen LogP contribution >= 0.6 is 11.3 Å². The van der Waals surface area contributed by atoms with Crippen LogP contribution < -0.4 is 10.5 Å². The molecule has 3 heterocycles. The Hall–Kier alpha value is -2.73. The molecule has 102 valence electrons. The third kappa shape index (κ3) is 1.53. The fourth-order valence-corrected chi connectivity index (χ4v) is 3.22. The highest BCUT2D eigenvalue weighted by molar-refractivity contribution is 7.08. The number of rotatable bonds is 1. The molecule has 0 atom stereocenters. The zero-order valence-corrected chi connectivity index (χ0v) is 11.4. The number of thiophene rings is 1. The molecular formula is C15H8N2O3S. The minimum absolute atomic E-state index is 0.0788. The van der Waals surface area contributed by atoms with E-state index in [4.69, 9.17) is 0 Å². The number of H-pyrrole nitrogens is 1. The van der Waals surface area contributed by atoms with E-state index in [9.17, 15) is 14.4 Å². The average Bonchev–Trinajstić information content (AvgIpc) is 3.07. The van der Waals surface area contributed by atoms with Crippen molar-refractivity contribution < 1.29 is 9.59 Å². The molecular weight excluding hydrogens is 288 g/mol. The summed E-state index contributed by atoms with van der Waals surface area (Å²) in [7, 11) is 0. The molecule has 2 amide bonds. The van der Waals surface area contributed by atoms with Crippen LogP contribution in [-0.2, 0) is 0 Å². The first kappa shape index (κ1) is 12.0. The van der Waals surface area contributed by atoms with E-state index in [0.717, 1.165) is 4.90 Å². The maximum absolute atomic E-state index is 12.6. The van der Waals surface area contributed by atoms with Crippen LogP contribution in [0.1, 0.15) is 20.7 Å². The van der Waals surface area contributed by atoms with Gasteiger partial charge in [-0.2, -0.15) is 11.3 Å². The second-order valence-corrected chi connectivity index (χ2v) is 5.46. The van der Waals surface area contributed by atoms with E-state index in [-0.39, 0.29) is 11.1 Å². The lowest BCUT2D eigenvalue weighted by Crippen LogP contribution is -2.30. The molecule has 2 aromatic heterocycles. The topological polar surface area (TPSA) is 70.2 Å². The Morgan fingerprint density at radius 1 is 0.952 bits per heavy atom. The Kier molecular flexibility index (Phi) is 2.37. The molecule has 0 radical (unpaired) electrons. The van der Waals surface area contributed by atoms with Gasteiger partial charge in [-0.3, -0.25) is 14.4 Å². The Morgan fingerprint density at radius 2 is 1.71 bits per heavy atom. The zero-order chi connectivity index (χ0) is 14.6. The monoisotopic (exact) mass is 296 g/mol. The van der Waals surface area contributed by atoms with Crippen LogP contribution in [0.25, 0.3) is 10.9 Å². The van der Waals surface area contributed by atoms with Crippen molar-refractivity contribution in [2.24, 2.45) is 0 Å². The highest BCUT2D eigenvalue weighted by atomic mass is 32.1. The van der Waals surface area contributed by atoms with Crippen LogP contribution in [-0.4, -0.2) is 16.8 Å². The third-order valence-electron chi connectivity index (χ3n) is 3.52. The number of amides is 2. The number of aromatic nitrogens is 1. The number of pyridine rings is 1. The molecule has 0 fully saturated rings. The largest absolute Gasteiger partial charge is 0.321 e. The van der Waals surface area contributed by atoms with Crippen LogP contribution in [0.15, 0.2) is 45.9 Å². The number of aromatic amines is 1. The van der Waals surface area contributed by atoms with Crippen molar-refractivity contribution in [1.82, 2.24) is 4.98 Å². The summed E-state index contributed by atoms with van der Waals surface area (Å²) in [6.07, 6.45) is 0. The first-order valence-electron chi connectivity index (χ1n) is 6.24. The molecule has 0 aliphatic carbocycles. The third-order valence-corrected chi connectivity index (χ3v) is 4.19. The Bertz CT molecular complexity index is 957. The van der Waals surface area contributed by atoms with Crippen molar-refractivity contribution in [3.63, 3.8) is 0 Å². The molecule has 0 saturated heterocycles. The Balaban J connectivity index is 2.07. The van der Waals surface area contributed by atoms with Gasteiger partial charge in [0.15, 0.2) is 0 Å². The summed E-state index contributed by atoms with van der Waals surface area (Å²) >= 11 is 1.39. The van der Waals surface area contributed by atoms with Gasteiger partial charge >= 0.3 is 0 Å². The fraction of sp³-hybridized carbons (Fsp3) is 0. The standard InChI is InChI=1S/C15H8N2O3S/c18-13-12-11(9-3-1-2-4-10(9)16-13)14(19)17(15(12)20)8-5-6-21-7-8/h1-7H,(H,16,18). The van der Waals surface area contributed by atoms with E-state index in [1.165, 1.54) is 11.3 Å². The van der Waals surface area contributed by atoms with Gasteiger partial charge in [-0.05, 0) is 17.5 Å². The average molecular weight is 296 g/mol. The maximum Gasteiger partial charge on any atom is 0.271 e. The number of hydrogen-bond acceptors (Lipinski definition) is 4. The van der Waals surface area contributed by atoms with Gasteiger partial charge in [0.1, 0.15) is 5.56 Å². The van der Waals surface area contributed by atoms with E-state index < -0.39 is 17.4 Å². The Morgan fingerprint density at radius 3 is 2.48 bits per heavy atom. The number of fused-ring (bicyclic) bond motifs is 3. The minimum atomic E-state index is -0.569. The molecule has 0 bridgehead atoms. The summed E-state index contributed by atoms with van der Waals surface area (Å²) in [5, 5.41) is 4.07. The summed E-state index contributed by atoms with van der Waals surface area (Å²) in [5.41, 5.74) is 0.625. The number of carbonyl (C=O) groups excluding carboxylic acids is 2. The van der Waals surface area contributed by atoms with Crippen LogP contribution in [0.2, 0.25) is 0 Å². The second-order valence-electron chi connectivity index (χ2n) is 4.68. The number of carbonyl (C=O) groups is 2. The van der Waals surface area contributed by atoms with Gasteiger partial charge in [-0.1, -0.05) is 18.2 Å². The van der Waals surface area contributed by atoms with E-state index >= 15 is 0 Å².